The van der Waals surface area contributed by atoms with Crippen LogP contribution in [0.15, 0.2) is 48.5 Å². The van der Waals surface area contributed by atoms with Gasteiger partial charge in [0.15, 0.2) is 6.61 Å². The number of benzene rings is 2. The summed E-state index contributed by atoms with van der Waals surface area (Å²) in [6, 6.07) is 12.3. The zero-order valence-electron chi connectivity index (χ0n) is 15.9. The van der Waals surface area contributed by atoms with E-state index in [2.05, 4.69) is 10.6 Å². The van der Waals surface area contributed by atoms with Crippen molar-refractivity contribution < 1.29 is 29.0 Å². The number of aliphatic carboxylic acids is 1. The van der Waals surface area contributed by atoms with Gasteiger partial charge in [0.05, 0.1) is 7.11 Å². The highest BCUT2D eigenvalue weighted by atomic mass is 16.5. The fourth-order valence-electron chi connectivity index (χ4n) is 2.78. The van der Waals surface area contributed by atoms with Crippen LogP contribution in [0.2, 0.25) is 0 Å². The van der Waals surface area contributed by atoms with Gasteiger partial charge in [0.2, 0.25) is 0 Å². The van der Waals surface area contributed by atoms with Gasteiger partial charge in [0.25, 0.3) is 11.8 Å². The van der Waals surface area contributed by atoms with E-state index in [1.165, 1.54) is 12.1 Å². The van der Waals surface area contributed by atoms with Crippen molar-refractivity contribution >= 4 is 23.5 Å². The monoisotopic (exact) mass is 398 g/mol. The Labute approximate surface area is 167 Å². The molecule has 2 aromatic rings. The Morgan fingerprint density at radius 1 is 1.10 bits per heavy atom. The van der Waals surface area contributed by atoms with Crippen LogP contribution in [-0.2, 0) is 9.59 Å². The Morgan fingerprint density at radius 3 is 2.45 bits per heavy atom. The maximum Gasteiger partial charge on any atom is 0.326 e. The Hall–Kier alpha value is -3.55. The van der Waals surface area contributed by atoms with Crippen LogP contribution in [0.4, 0.5) is 5.69 Å². The molecular formula is C21H22N2O6. The number of hydrogen-bond donors (Lipinski definition) is 3. The molecule has 1 aliphatic carbocycles. The summed E-state index contributed by atoms with van der Waals surface area (Å²) >= 11 is 0. The third-order valence-electron chi connectivity index (χ3n) is 4.49. The van der Waals surface area contributed by atoms with Crippen LogP contribution in [0.5, 0.6) is 11.5 Å². The van der Waals surface area contributed by atoms with Gasteiger partial charge in [-0.25, -0.2) is 4.79 Å². The van der Waals surface area contributed by atoms with E-state index in [0.29, 0.717) is 22.7 Å². The van der Waals surface area contributed by atoms with Crippen LogP contribution in [-0.4, -0.2) is 42.6 Å². The molecule has 1 fully saturated rings. The zero-order valence-corrected chi connectivity index (χ0v) is 15.9. The van der Waals surface area contributed by atoms with Crippen LogP contribution in [0, 0.1) is 5.92 Å². The van der Waals surface area contributed by atoms with Crippen molar-refractivity contribution in [1.82, 2.24) is 5.32 Å². The molecular weight excluding hydrogens is 376 g/mol. The maximum atomic E-state index is 12.2. The molecule has 0 heterocycles. The molecule has 2 aromatic carbocycles. The number of rotatable bonds is 9. The largest absolute Gasteiger partial charge is 0.497 e. The highest BCUT2D eigenvalue weighted by Crippen LogP contribution is 2.32. The summed E-state index contributed by atoms with van der Waals surface area (Å²) < 4.78 is 10.5. The van der Waals surface area contributed by atoms with Crippen molar-refractivity contribution in [1.29, 1.82) is 0 Å². The molecule has 152 valence electrons. The number of ether oxygens (including phenoxy) is 2. The van der Waals surface area contributed by atoms with Gasteiger partial charge in [0, 0.05) is 17.3 Å². The molecule has 0 saturated heterocycles. The lowest BCUT2D eigenvalue weighted by Crippen LogP contribution is -2.42. The minimum Gasteiger partial charge on any atom is -0.497 e. The van der Waals surface area contributed by atoms with Gasteiger partial charge < -0.3 is 25.2 Å². The zero-order chi connectivity index (χ0) is 20.8. The number of nitrogens with one attached hydrogen (secondary N) is 2. The molecule has 1 unspecified atom stereocenters. The average Bonchev–Trinajstić information content (AvgIpc) is 3.55. The summed E-state index contributed by atoms with van der Waals surface area (Å²) in [5.41, 5.74) is 0.915. The quantitative estimate of drug-likeness (QED) is 0.597. The summed E-state index contributed by atoms with van der Waals surface area (Å²) in [6.07, 6.45) is 1.61. The minimum absolute atomic E-state index is 0.00199. The van der Waals surface area contributed by atoms with E-state index in [4.69, 9.17) is 9.47 Å². The summed E-state index contributed by atoms with van der Waals surface area (Å²) in [5, 5.41) is 14.4. The molecule has 1 aliphatic rings. The first kappa shape index (κ1) is 20.2. The summed E-state index contributed by atoms with van der Waals surface area (Å²) in [6.45, 7) is -0.203. The third-order valence-corrected chi connectivity index (χ3v) is 4.49. The van der Waals surface area contributed by atoms with Crippen molar-refractivity contribution in [3.8, 4) is 11.5 Å². The molecule has 0 aliphatic heterocycles. The van der Waals surface area contributed by atoms with E-state index >= 15 is 0 Å². The molecule has 29 heavy (non-hydrogen) atoms. The molecule has 2 amide bonds. The van der Waals surface area contributed by atoms with E-state index < -0.39 is 17.9 Å². The predicted molar refractivity (Wildman–Crippen MR) is 105 cm³/mol. The van der Waals surface area contributed by atoms with Crippen LogP contribution in [0.3, 0.4) is 0 Å². The topological polar surface area (TPSA) is 114 Å². The third kappa shape index (κ3) is 5.71. The van der Waals surface area contributed by atoms with E-state index in [9.17, 15) is 19.5 Å². The summed E-state index contributed by atoms with van der Waals surface area (Å²) in [5.74, 6) is -0.769. The number of carboxylic acids is 1. The fourth-order valence-corrected chi connectivity index (χ4v) is 2.78. The number of carbonyl (C=O) groups is 3. The first-order chi connectivity index (χ1) is 14.0. The highest BCUT2D eigenvalue weighted by Gasteiger charge is 2.37. The second-order valence-corrected chi connectivity index (χ2v) is 6.72. The lowest BCUT2D eigenvalue weighted by atomic mass is 10.1. The molecule has 8 nitrogen and oxygen atoms in total. The molecule has 0 bridgehead atoms. The molecule has 1 saturated carbocycles. The number of carbonyl (C=O) groups excluding carboxylic acids is 2. The van der Waals surface area contributed by atoms with Gasteiger partial charge in [-0.15, -0.1) is 0 Å². The first-order valence-corrected chi connectivity index (χ1v) is 9.16. The Kier molecular flexibility index (Phi) is 6.33. The van der Waals surface area contributed by atoms with Crippen molar-refractivity contribution in [2.24, 2.45) is 5.92 Å². The Bertz CT molecular complexity index is 892. The number of hydrogen-bond acceptors (Lipinski definition) is 5. The predicted octanol–water partition coefficient (Wildman–Crippen LogP) is 2.31. The maximum absolute atomic E-state index is 12.2. The SMILES string of the molecule is COc1cccc(NC(=O)COc2ccc(C(=O)NC(C(=O)O)C3CC3)cc2)c1. The lowest BCUT2D eigenvalue weighted by molar-refractivity contribution is -0.139. The molecule has 3 rings (SSSR count). The first-order valence-electron chi connectivity index (χ1n) is 9.16. The normalized spacial score (nSPS) is 13.8. The van der Waals surface area contributed by atoms with Crippen molar-refractivity contribution in [3.05, 3.63) is 54.1 Å². The molecule has 3 N–H and O–H groups in total. The van der Waals surface area contributed by atoms with Crippen LogP contribution < -0.4 is 20.1 Å². The van der Waals surface area contributed by atoms with Crippen molar-refractivity contribution in [2.45, 2.75) is 18.9 Å². The van der Waals surface area contributed by atoms with Crippen LogP contribution >= 0.6 is 0 Å². The average molecular weight is 398 g/mol. The van der Waals surface area contributed by atoms with E-state index in [1.54, 1.807) is 43.5 Å². The fraction of sp³-hybridized carbons (Fsp3) is 0.286. The van der Waals surface area contributed by atoms with Gasteiger partial charge in [-0.2, -0.15) is 0 Å². The highest BCUT2D eigenvalue weighted by molar-refractivity contribution is 5.97. The number of anilines is 1. The molecule has 0 radical (unpaired) electrons. The minimum atomic E-state index is -1.03. The second kappa shape index (κ2) is 9.09. The van der Waals surface area contributed by atoms with E-state index in [-0.39, 0.29) is 18.4 Å². The van der Waals surface area contributed by atoms with Gasteiger partial charge in [0.1, 0.15) is 17.5 Å². The smallest absolute Gasteiger partial charge is 0.326 e. The van der Waals surface area contributed by atoms with Gasteiger partial charge in [-0.1, -0.05) is 6.07 Å². The van der Waals surface area contributed by atoms with Crippen molar-refractivity contribution in [3.63, 3.8) is 0 Å². The van der Waals surface area contributed by atoms with Crippen LogP contribution in [0.1, 0.15) is 23.2 Å². The summed E-state index contributed by atoms with van der Waals surface area (Å²) in [4.78, 5) is 35.5. The van der Waals surface area contributed by atoms with Gasteiger partial charge in [-0.3, -0.25) is 9.59 Å². The van der Waals surface area contributed by atoms with E-state index in [0.717, 1.165) is 12.8 Å². The second-order valence-electron chi connectivity index (χ2n) is 6.72. The molecule has 8 heteroatoms. The lowest BCUT2D eigenvalue weighted by Gasteiger charge is -2.14. The van der Waals surface area contributed by atoms with Crippen molar-refractivity contribution in [2.75, 3.05) is 19.0 Å². The number of carboxylic acid groups (broad SMARTS) is 1. The number of amides is 2. The summed E-state index contributed by atoms with van der Waals surface area (Å²) in [7, 11) is 1.54. The molecule has 0 spiro atoms. The van der Waals surface area contributed by atoms with Gasteiger partial charge in [-0.05, 0) is 55.2 Å². The van der Waals surface area contributed by atoms with Crippen LogP contribution in [0.25, 0.3) is 0 Å². The standard InChI is InChI=1S/C21H22N2O6/c1-28-17-4-2-3-15(11-17)22-18(24)12-29-16-9-7-14(8-10-16)20(25)23-19(21(26)27)13-5-6-13/h2-4,7-11,13,19H,5-6,12H2,1H3,(H,22,24)(H,23,25)(H,26,27). The molecule has 1 atom stereocenters. The Morgan fingerprint density at radius 2 is 1.83 bits per heavy atom. The number of methoxy groups -OCH3 is 1. The van der Waals surface area contributed by atoms with Gasteiger partial charge >= 0.3 is 5.97 Å². The van der Waals surface area contributed by atoms with E-state index in [1.807, 2.05) is 0 Å². The molecule has 0 aromatic heterocycles. The Balaban J connectivity index is 1.50.